The SMILES string of the molecule is Cl.NCc1cc(NC(=O)C2CCC2)cc(C(F)(F)F)c1. The number of rotatable bonds is 3. The van der Waals surface area contributed by atoms with Crippen molar-refractivity contribution in [2.24, 2.45) is 11.7 Å². The van der Waals surface area contributed by atoms with Crippen LogP contribution in [0.4, 0.5) is 18.9 Å². The highest BCUT2D eigenvalue weighted by molar-refractivity contribution is 5.93. The molecule has 20 heavy (non-hydrogen) atoms. The Kier molecular flexibility index (Phi) is 5.42. The van der Waals surface area contributed by atoms with Crippen molar-refractivity contribution in [1.82, 2.24) is 0 Å². The summed E-state index contributed by atoms with van der Waals surface area (Å²) >= 11 is 0. The Hall–Kier alpha value is -1.27. The number of amides is 1. The van der Waals surface area contributed by atoms with Crippen LogP contribution in [0.5, 0.6) is 0 Å². The molecule has 1 saturated carbocycles. The van der Waals surface area contributed by atoms with E-state index in [1.54, 1.807) is 0 Å². The highest BCUT2D eigenvalue weighted by Crippen LogP contribution is 2.33. The molecule has 1 aromatic carbocycles. The number of hydrogen-bond acceptors (Lipinski definition) is 2. The van der Waals surface area contributed by atoms with E-state index in [0.29, 0.717) is 5.56 Å². The zero-order valence-electron chi connectivity index (χ0n) is 10.7. The van der Waals surface area contributed by atoms with Crippen molar-refractivity contribution < 1.29 is 18.0 Å². The van der Waals surface area contributed by atoms with Gasteiger partial charge in [-0.15, -0.1) is 12.4 Å². The molecule has 0 atom stereocenters. The van der Waals surface area contributed by atoms with Crippen LogP contribution in [0.2, 0.25) is 0 Å². The van der Waals surface area contributed by atoms with E-state index in [1.807, 2.05) is 0 Å². The Balaban J connectivity index is 0.00000200. The van der Waals surface area contributed by atoms with Gasteiger partial charge in [0.2, 0.25) is 5.91 Å². The highest BCUT2D eigenvalue weighted by Gasteiger charge is 2.31. The van der Waals surface area contributed by atoms with Crippen LogP contribution in [0.15, 0.2) is 18.2 Å². The van der Waals surface area contributed by atoms with Crippen LogP contribution >= 0.6 is 12.4 Å². The van der Waals surface area contributed by atoms with Gasteiger partial charge in [-0.2, -0.15) is 13.2 Å². The number of carbonyl (C=O) groups is 1. The summed E-state index contributed by atoms with van der Waals surface area (Å²) in [5.74, 6) is -0.288. The minimum absolute atomic E-state index is 0. The maximum absolute atomic E-state index is 12.7. The number of benzene rings is 1. The molecule has 0 aromatic heterocycles. The van der Waals surface area contributed by atoms with Gasteiger partial charge < -0.3 is 11.1 Å². The van der Waals surface area contributed by atoms with Gasteiger partial charge in [0.25, 0.3) is 0 Å². The number of nitrogens with one attached hydrogen (secondary N) is 1. The first kappa shape index (κ1) is 16.8. The second-order valence-electron chi connectivity index (χ2n) is 4.74. The average molecular weight is 309 g/mol. The summed E-state index contributed by atoms with van der Waals surface area (Å²) < 4.78 is 38.1. The zero-order valence-corrected chi connectivity index (χ0v) is 11.5. The lowest BCUT2D eigenvalue weighted by molar-refractivity contribution is -0.137. The fraction of sp³-hybridized carbons (Fsp3) is 0.462. The lowest BCUT2D eigenvalue weighted by atomic mass is 9.85. The van der Waals surface area contributed by atoms with Gasteiger partial charge in [-0.25, -0.2) is 0 Å². The molecule has 0 bridgehead atoms. The zero-order chi connectivity index (χ0) is 14.0. The molecule has 0 aliphatic heterocycles. The smallest absolute Gasteiger partial charge is 0.326 e. The summed E-state index contributed by atoms with van der Waals surface area (Å²) in [5.41, 5.74) is 5.09. The van der Waals surface area contributed by atoms with Crippen LogP contribution in [0.25, 0.3) is 0 Å². The molecule has 0 spiro atoms. The lowest BCUT2D eigenvalue weighted by Gasteiger charge is -2.24. The largest absolute Gasteiger partial charge is 0.416 e. The van der Waals surface area contributed by atoms with Gasteiger partial charge in [-0.1, -0.05) is 6.42 Å². The van der Waals surface area contributed by atoms with E-state index in [1.165, 1.54) is 6.07 Å². The molecule has 2 rings (SSSR count). The molecule has 1 amide bonds. The molecule has 0 saturated heterocycles. The van der Waals surface area contributed by atoms with E-state index in [-0.39, 0.29) is 36.5 Å². The Bertz CT molecular complexity index is 487. The van der Waals surface area contributed by atoms with Gasteiger partial charge in [-0.05, 0) is 36.6 Å². The second kappa shape index (κ2) is 6.45. The topological polar surface area (TPSA) is 55.1 Å². The standard InChI is InChI=1S/C13H15F3N2O.ClH/c14-13(15,16)10-4-8(7-17)5-11(6-10)18-12(19)9-2-1-3-9;/h4-6,9H,1-3,7,17H2,(H,18,19);1H. The molecule has 7 heteroatoms. The Labute approximate surface area is 121 Å². The van der Waals surface area contributed by atoms with Gasteiger partial charge in [0.1, 0.15) is 0 Å². The number of anilines is 1. The van der Waals surface area contributed by atoms with E-state index in [9.17, 15) is 18.0 Å². The van der Waals surface area contributed by atoms with Crippen molar-refractivity contribution >= 4 is 24.0 Å². The third-order valence-electron chi connectivity index (χ3n) is 3.30. The maximum atomic E-state index is 12.7. The van der Waals surface area contributed by atoms with Crippen molar-refractivity contribution in [2.45, 2.75) is 32.0 Å². The van der Waals surface area contributed by atoms with Gasteiger partial charge >= 0.3 is 6.18 Å². The lowest BCUT2D eigenvalue weighted by Crippen LogP contribution is -2.28. The van der Waals surface area contributed by atoms with Crippen LogP contribution in [-0.2, 0) is 17.5 Å². The quantitative estimate of drug-likeness (QED) is 0.900. The van der Waals surface area contributed by atoms with Crippen molar-refractivity contribution in [3.8, 4) is 0 Å². The average Bonchev–Trinajstić information content (AvgIpc) is 2.24. The molecule has 1 fully saturated rings. The molecule has 3 nitrogen and oxygen atoms in total. The van der Waals surface area contributed by atoms with E-state index < -0.39 is 11.7 Å². The van der Waals surface area contributed by atoms with Gasteiger partial charge in [-0.3, -0.25) is 4.79 Å². The van der Waals surface area contributed by atoms with Crippen LogP contribution in [-0.4, -0.2) is 5.91 Å². The third-order valence-corrected chi connectivity index (χ3v) is 3.30. The van der Waals surface area contributed by atoms with Gasteiger partial charge in [0.15, 0.2) is 0 Å². The number of nitrogens with two attached hydrogens (primary N) is 1. The minimum atomic E-state index is -4.44. The van der Waals surface area contributed by atoms with E-state index in [0.717, 1.165) is 31.4 Å². The van der Waals surface area contributed by atoms with E-state index >= 15 is 0 Å². The first-order valence-corrected chi connectivity index (χ1v) is 6.12. The predicted molar refractivity (Wildman–Crippen MR) is 72.6 cm³/mol. The number of halogens is 4. The van der Waals surface area contributed by atoms with E-state index in [2.05, 4.69) is 5.32 Å². The Morgan fingerprint density at radius 2 is 1.95 bits per heavy atom. The van der Waals surface area contributed by atoms with Crippen molar-refractivity contribution in [3.63, 3.8) is 0 Å². The molecule has 1 aromatic rings. The molecule has 0 heterocycles. The molecule has 112 valence electrons. The summed E-state index contributed by atoms with van der Waals surface area (Å²) in [7, 11) is 0. The highest BCUT2D eigenvalue weighted by atomic mass is 35.5. The molecule has 3 N–H and O–H groups in total. The van der Waals surface area contributed by atoms with Crippen LogP contribution < -0.4 is 11.1 Å². The second-order valence-corrected chi connectivity index (χ2v) is 4.74. The Morgan fingerprint density at radius 1 is 1.30 bits per heavy atom. The van der Waals surface area contributed by atoms with Crippen LogP contribution in [0, 0.1) is 5.92 Å². The fourth-order valence-electron chi connectivity index (χ4n) is 1.96. The van der Waals surface area contributed by atoms with Crippen LogP contribution in [0.1, 0.15) is 30.4 Å². The van der Waals surface area contributed by atoms with Crippen molar-refractivity contribution in [1.29, 1.82) is 0 Å². The molecule has 1 aliphatic carbocycles. The summed E-state index contributed by atoms with van der Waals surface area (Å²) in [5, 5.41) is 2.54. The molecule has 0 unspecified atom stereocenters. The fourth-order valence-corrected chi connectivity index (χ4v) is 1.96. The first-order chi connectivity index (χ1) is 8.90. The number of hydrogen-bond donors (Lipinski definition) is 2. The van der Waals surface area contributed by atoms with Crippen LogP contribution in [0.3, 0.4) is 0 Å². The minimum Gasteiger partial charge on any atom is -0.326 e. The van der Waals surface area contributed by atoms with Gasteiger partial charge in [0, 0.05) is 18.2 Å². The predicted octanol–water partition coefficient (Wildman–Crippen LogP) is 3.32. The van der Waals surface area contributed by atoms with Gasteiger partial charge in [0.05, 0.1) is 5.56 Å². The maximum Gasteiger partial charge on any atom is 0.416 e. The summed E-state index contributed by atoms with van der Waals surface area (Å²) in [6.45, 7) is -0.00375. The number of alkyl halides is 3. The molecular formula is C13H16ClF3N2O. The monoisotopic (exact) mass is 308 g/mol. The molecule has 0 radical (unpaired) electrons. The summed E-state index contributed by atoms with van der Waals surface area (Å²) in [6, 6.07) is 3.42. The molecular weight excluding hydrogens is 293 g/mol. The van der Waals surface area contributed by atoms with Crippen molar-refractivity contribution in [3.05, 3.63) is 29.3 Å². The first-order valence-electron chi connectivity index (χ1n) is 6.12. The third kappa shape index (κ3) is 3.86. The van der Waals surface area contributed by atoms with Crippen molar-refractivity contribution in [2.75, 3.05) is 5.32 Å². The van der Waals surface area contributed by atoms with E-state index in [4.69, 9.17) is 5.73 Å². The number of carbonyl (C=O) groups excluding carboxylic acids is 1. The summed E-state index contributed by atoms with van der Waals surface area (Å²) in [4.78, 5) is 11.7. The molecule has 1 aliphatic rings. The Morgan fingerprint density at radius 3 is 2.40 bits per heavy atom. The summed E-state index contributed by atoms with van der Waals surface area (Å²) in [6.07, 6.45) is -1.85. The normalized spacial score (nSPS) is 15.2.